The van der Waals surface area contributed by atoms with Gasteiger partial charge in [-0.25, -0.2) is 8.78 Å². The lowest BCUT2D eigenvalue weighted by Crippen LogP contribution is -2.50. The highest BCUT2D eigenvalue weighted by Gasteiger charge is 2.44. The number of likely N-dealkylation sites (tertiary alicyclic amines) is 1. The molecule has 1 saturated carbocycles. The van der Waals surface area contributed by atoms with Crippen LogP contribution in [-0.4, -0.2) is 106 Å². The van der Waals surface area contributed by atoms with Gasteiger partial charge in [-0.15, -0.1) is 0 Å². The number of hydrogen-bond acceptors (Lipinski definition) is 7. The van der Waals surface area contributed by atoms with Gasteiger partial charge in [-0.05, 0) is 57.0 Å². The summed E-state index contributed by atoms with van der Waals surface area (Å²) in [6, 6.07) is -0.846. The van der Waals surface area contributed by atoms with Gasteiger partial charge in [-0.2, -0.15) is 0 Å². The summed E-state index contributed by atoms with van der Waals surface area (Å²) in [6.45, 7) is 3.83. The molecule has 0 radical (unpaired) electrons. The summed E-state index contributed by atoms with van der Waals surface area (Å²) >= 11 is 0. The van der Waals surface area contributed by atoms with Gasteiger partial charge in [0.2, 0.25) is 23.6 Å². The second-order valence-corrected chi connectivity index (χ2v) is 11.1. The van der Waals surface area contributed by atoms with E-state index < -0.39 is 12.0 Å². The summed E-state index contributed by atoms with van der Waals surface area (Å²) in [4.78, 5) is 40.3. The van der Waals surface area contributed by atoms with Gasteiger partial charge in [0, 0.05) is 51.0 Å². The Bertz CT molecular complexity index is 809. The number of amides is 3. The molecule has 0 aromatic rings. The number of nitrogens with zero attached hydrogens (tertiary/aromatic N) is 1. The molecule has 38 heavy (non-hydrogen) atoms. The van der Waals surface area contributed by atoms with Crippen LogP contribution in [0.5, 0.6) is 0 Å². The van der Waals surface area contributed by atoms with Gasteiger partial charge < -0.3 is 30.7 Å². The highest BCUT2D eigenvalue weighted by atomic mass is 19.3. The molecule has 4 aliphatic rings. The highest BCUT2D eigenvalue weighted by molar-refractivity contribution is 5.83. The number of carbonyl (C=O) groups excluding carboxylic acids is 3. The average molecular weight is 544 g/mol. The largest absolute Gasteiger partial charge is 0.377 e. The Hall–Kier alpha value is -1.89. The minimum absolute atomic E-state index is 0.000882. The van der Waals surface area contributed by atoms with E-state index in [0.717, 1.165) is 25.9 Å². The number of rotatable bonds is 1. The standard InChI is InChI=1S/C26H43F2N5O5/c27-26(28)5-1-21(2-6-26)33-16-20-14-22(33)25(36)31-8-4-19-15-29-7-3-18(19)13-23(34)30-9-10-37-11-12-38-17-24(35)32-20/h18-22,29H,1-17H2,(H,30,34)(H,31,36)(H,32,35)/t18-,19-,20-,22-/m0/s1. The van der Waals surface area contributed by atoms with Crippen LogP contribution in [0.25, 0.3) is 0 Å². The van der Waals surface area contributed by atoms with E-state index in [2.05, 4.69) is 21.3 Å². The maximum absolute atomic E-state index is 13.8. The number of halogens is 2. The van der Waals surface area contributed by atoms with Gasteiger partial charge in [0.05, 0.1) is 25.9 Å². The van der Waals surface area contributed by atoms with Crippen molar-refractivity contribution in [2.45, 2.75) is 75.4 Å². The molecule has 4 atom stereocenters. The lowest BCUT2D eigenvalue weighted by molar-refractivity contribution is -0.128. The Morgan fingerprint density at radius 1 is 0.842 bits per heavy atom. The zero-order valence-electron chi connectivity index (χ0n) is 22.2. The number of hydrogen-bond donors (Lipinski definition) is 4. The first-order valence-electron chi connectivity index (χ1n) is 14.1. The fraction of sp³-hybridized carbons (Fsp3) is 0.885. The summed E-state index contributed by atoms with van der Waals surface area (Å²) in [6.07, 6.45) is 2.83. The summed E-state index contributed by atoms with van der Waals surface area (Å²) < 4.78 is 38.5. The van der Waals surface area contributed by atoms with Crippen molar-refractivity contribution in [1.82, 2.24) is 26.2 Å². The molecule has 0 spiro atoms. The molecule has 4 rings (SSSR count). The molecule has 1 aliphatic carbocycles. The van der Waals surface area contributed by atoms with Gasteiger partial charge in [-0.1, -0.05) is 0 Å². The molecule has 0 aromatic heterocycles. The first kappa shape index (κ1) is 29.1. The minimum atomic E-state index is -2.65. The third kappa shape index (κ3) is 8.56. The van der Waals surface area contributed by atoms with E-state index in [1.807, 2.05) is 4.90 Å². The van der Waals surface area contributed by atoms with Crippen LogP contribution in [0, 0.1) is 11.8 Å². The van der Waals surface area contributed by atoms with Gasteiger partial charge in [0.25, 0.3) is 0 Å². The monoisotopic (exact) mass is 543 g/mol. The summed E-state index contributed by atoms with van der Waals surface area (Å²) in [7, 11) is 0. The summed E-state index contributed by atoms with van der Waals surface area (Å²) in [5.74, 6) is -2.55. The van der Waals surface area contributed by atoms with Crippen LogP contribution in [0.2, 0.25) is 0 Å². The van der Waals surface area contributed by atoms with Crippen LogP contribution in [0.15, 0.2) is 0 Å². The SMILES string of the molecule is O=C1C[C@@H]2CCNC[C@@H]2CCNC(=O)[C@@H]2C[C@@H](CN2C2CCC(F)(F)CC2)NC(=O)COCCOCCN1. The predicted molar refractivity (Wildman–Crippen MR) is 136 cm³/mol. The highest BCUT2D eigenvalue weighted by Crippen LogP contribution is 2.37. The summed E-state index contributed by atoms with van der Waals surface area (Å²) in [5.41, 5.74) is 0. The fourth-order valence-corrected chi connectivity index (χ4v) is 6.29. The zero-order valence-corrected chi connectivity index (χ0v) is 22.2. The van der Waals surface area contributed by atoms with Crippen molar-refractivity contribution < 1.29 is 32.6 Å². The Labute approximate surface area is 223 Å². The number of alkyl halides is 2. The molecule has 3 amide bonds. The van der Waals surface area contributed by atoms with Gasteiger partial charge >= 0.3 is 0 Å². The van der Waals surface area contributed by atoms with E-state index in [4.69, 9.17) is 9.47 Å². The topological polar surface area (TPSA) is 121 Å². The molecule has 0 aromatic carbocycles. The second-order valence-electron chi connectivity index (χ2n) is 11.1. The fourth-order valence-electron chi connectivity index (χ4n) is 6.29. The Balaban J connectivity index is 1.40. The van der Waals surface area contributed by atoms with Crippen LogP contribution in [-0.2, 0) is 23.9 Å². The van der Waals surface area contributed by atoms with E-state index in [1.54, 1.807) is 0 Å². The number of nitrogens with one attached hydrogen (secondary N) is 4. The summed E-state index contributed by atoms with van der Waals surface area (Å²) in [5, 5.41) is 12.3. The Morgan fingerprint density at radius 3 is 2.42 bits per heavy atom. The number of fused-ring (bicyclic) bond motifs is 3. The minimum Gasteiger partial charge on any atom is -0.377 e. The van der Waals surface area contributed by atoms with Gasteiger partial charge in [0.1, 0.15) is 6.61 Å². The molecule has 2 bridgehead atoms. The van der Waals surface area contributed by atoms with E-state index in [0.29, 0.717) is 58.5 Å². The van der Waals surface area contributed by atoms with Crippen molar-refractivity contribution in [2.75, 3.05) is 59.2 Å². The maximum atomic E-state index is 13.8. The lowest BCUT2D eigenvalue weighted by Gasteiger charge is -2.37. The molecule has 12 heteroatoms. The van der Waals surface area contributed by atoms with Crippen molar-refractivity contribution in [3.05, 3.63) is 0 Å². The first-order valence-corrected chi connectivity index (χ1v) is 14.1. The molecule has 3 aliphatic heterocycles. The molecule has 3 heterocycles. The molecule has 3 saturated heterocycles. The number of piperidine rings is 1. The quantitative estimate of drug-likeness (QED) is 0.378. The van der Waals surface area contributed by atoms with Gasteiger partial charge in [-0.3, -0.25) is 19.3 Å². The van der Waals surface area contributed by atoms with Crippen molar-refractivity contribution in [2.24, 2.45) is 11.8 Å². The normalized spacial score (nSPS) is 33.8. The average Bonchev–Trinajstić information content (AvgIpc) is 3.29. The number of carbonyl (C=O) groups is 3. The van der Waals surface area contributed by atoms with E-state index >= 15 is 0 Å². The Kier molecular flexibility index (Phi) is 10.7. The third-order valence-corrected chi connectivity index (χ3v) is 8.36. The van der Waals surface area contributed by atoms with Crippen LogP contribution >= 0.6 is 0 Å². The second kappa shape index (κ2) is 14.0. The molecule has 4 N–H and O–H groups in total. The zero-order chi connectivity index (χ0) is 27.0. The molecule has 4 fully saturated rings. The van der Waals surface area contributed by atoms with E-state index in [9.17, 15) is 23.2 Å². The molecule has 0 unspecified atom stereocenters. The molecular weight excluding hydrogens is 500 g/mol. The third-order valence-electron chi connectivity index (χ3n) is 8.36. The number of ether oxygens (including phenoxy) is 2. The predicted octanol–water partition coefficient (Wildman–Crippen LogP) is 0.409. The van der Waals surface area contributed by atoms with Gasteiger partial charge in [0.15, 0.2) is 0 Å². The first-order chi connectivity index (χ1) is 18.3. The lowest BCUT2D eigenvalue weighted by atomic mass is 9.81. The van der Waals surface area contributed by atoms with E-state index in [-0.39, 0.29) is 67.7 Å². The van der Waals surface area contributed by atoms with Crippen molar-refractivity contribution >= 4 is 17.7 Å². The van der Waals surface area contributed by atoms with E-state index in [1.165, 1.54) is 0 Å². The van der Waals surface area contributed by atoms with Crippen molar-refractivity contribution in [3.8, 4) is 0 Å². The molecule has 10 nitrogen and oxygen atoms in total. The maximum Gasteiger partial charge on any atom is 0.248 e. The Morgan fingerprint density at radius 2 is 1.61 bits per heavy atom. The van der Waals surface area contributed by atoms with Crippen LogP contribution in [0.4, 0.5) is 8.78 Å². The smallest absolute Gasteiger partial charge is 0.248 e. The molecular formula is C26H43F2N5O5. The van der Waals surface area contributed by atoms with Crippen LogP contribution < -0.4 is 21.3 Å². The van der Waals surface area contributed by atoms with Crippen molar-refractivity contribution in [1.29, 1.82) is 0 Å². The van der Waals surface area contributed by atoms with Crippen LogP contribution in [0.1, 0.15) is 51.4 Å². The van der Waals surface area contributed by atoms with Crippen molar-refractivity contribution in [3.63, 3.8) is 0 Å². The molecule has 216 valence electrons. The van der Waals surface area contributed by atoms with Crippen LogP contribution in [0.3, 0.4) is 0 Å².